The first-order valence-electron chi connectivity index (χ1n) is 7.68. The number of nitrogens with two attached hydrogens (primary N) is 1. The minimum absolute atomic E-state index is 0.0268. The van der Waals surface area contributed by atoms with E-state index in [1.165, 1.54) is 10.8 Å². The summed E-state index contributed by atoms with van der Waals surface area (Å²) in [6, 6.07) is 14.8. The Hall–Kier alpha value is -1.87. The molecule has 2 aromatic rings. The quantitative estimate of drug-likeness (QED) is 0.908. The molecule has 0 bridgehead atoms. The van der Waals surface area contributed by atoms with Gasteiger partial charge >= 0.3 is 0 Å². The molecule has 0 aliphatic heterocycles. The van der Waals surface area contributed by atoms with Gasteiger partial charge in [-0.3, -0.25) is 4.79 Å². The lowest BCUT2D eigenvalue weighted by molar-refractivity contribution is -0.125. The lowest BCUT2D eigenvalue weighted by Gasteiger charge is -2.18. The van der Waals surface area contributed by atoms with Crippen LogP contribution in [0.5, 0.6) is 0 Å². The molecule has 1 saturated carbocycles. The molecule has 0 radical (unpaired) electrons. The van der Waals surface area contributed by atoms with Crippen molar-refractivity contribution in [2.24, 2.45) is 11.7 Å². The molecule has 1 aliphatic carbocycles. The third-order valence-corrected chi connectivity index (χ3v) is 4.48. The van der Waals surface area contributed by atoms with Crippen molar-refractivity contribution in [2.45, 2.75) is 38.3 Å². The Morgan fingerprint density at radius 1 is 1.19 bits per heavy atom. The van der Waals surface area contributed by atoms with Crippen molar-refractivity contribution in [3.8, 4) is 0 Å². The van der Waals surface area contributed by atoms with Crippen molar-refractivity contribution >= 4 is 16.7 Å². The first-order chi connectivity index (χ1) is 10.1. The third kappa shape index (κ3) is 3.08. The Balaban J connectivity index is 1.71. The Morgan fingerprint density at radius 3 is 2.67 bits per heavy atom. The summed E-state index contributed by atoms with van der Waals surface area (Å²) in [6.45, 7) is 2.04. The molecule has 0 heterocycles. The van der Waals surface area contributed by atoms with Crippen LogP contribution >= 0.6 is 0 Å². The average molecular weight is 282 g/mol. The van der Waals surface area contributed by atoms with Crippen LogP contribution in [-0.2, 0) is 4.79 Å². The third-order valence-electron chi connectivity index (χ3n) is 4.48. The smallest absolute Gasteiger partial charge is 0.223 e. The van der Waals surface area contributed by atoms with Crippen LogP contribution in [-0.4, -0.2) is 11.9 Å². The van der Waals surface area contributed by atoms with Gasteiger partial charge in [-0.25, -0.2) is 0 Å². The molecular formula is C18H22N2O. The number of nitrogens with one attached hydrogen (secondary N) is 1. The van der Waals surface area contributed by atoms with Gasteiger partial charge in [0.15, 0.2) is 0 Å². The van der Waals surface area contributed by atoms with E-state index in [1.54, 1.807) is 0 Å². The van der Waals surface area contributed by atoms with Crippen molar-refractivity contribution in [3.63, 3.8) is 0 Å². The highest BCUT2D eigenvalue weighted by atomic mass is 16.1. The van der Waals surface area contributed by atoms with Gasteiger partial charge in [0.25, 0.3) is 0 Å². The fraction of sp³-hybridized carbons (Fsp3) is 0.389. The highest BCUT2D eigenvalue weighted by Gasteiger charge is 2.28. The fourth-order valence-electron chi connectivity index (χ4n) is 3.15. The highest BCUT2D eigenvalue weighted by molar-refractivity contribution is 5.83. The van der Waals surface area contributed by atoms with Gasteiger partial charge in [0.1, 0.15) is 0 Å². The van der Waals surface area contributed by atoms with Crippen LogP contribution in [0.25, 0.3) is 10.8 Å². The summed E-state index contributed by atoms with van der Waals surface area (Å²) in [6.07, 6.45) is 2.69. The van der Waals surface area contributed by atoms with E-state index in [4.69, 9.17) is 5.73 Å². The Labute approximate surface area is 125 Å². The predicted molar refractivity (Wildman–Crippen MR) is 85.8 cm³/mol. The SMILES string of the molecule is CC(NC(=O)C1CCC(N)C1)c1ccc2ccccc2c1. The molecule has 0 aromatic heterocycles. The largest absolute Gasteiger partial charge is 0.349 e. The molecule has 1 aliphatic rings. The van der Waals surface area contributed by atoms with E-state index in [0.717, 1.165) is 24.8 Å². The van der Waals surface area contributed by atoms with E-state index in [1.807, 2.05) is 19.1 Å². The second kappa shape index (κ2) is 5.86. The van der Waals surface area contributed by atoms with Gasteiger partial charge in [-0.15, -0.1) is 0 Å². The number of rotatable bonds is 3. The molecule has 3 heteroatoms. The van der Waals surface area contributed by atoms with Crippen molar-refractivity contribution in [1.82, 2.24) is 5.32 Å². The van der Waals surface area contributed by atoms with Crippen LogP contribution in [0.4, 0.5) is 0 Å². The van der Waals surface area contributed by atoms with Crippen molar-refractivity contribution in [1.29, 1.82) is 0 Å². The molecule has 3 N–H and O–H groups in total. The number of hydrogen-bond donors (Lipinski definition) is 2. The first kappa shape index (κ1) is 14.1. The fourth-order valence-corrected chi connectivity index (χ4v) is 3.15. The second-order valence-corrected chi connectivity index (χ2v) is 6.11. The molecule has 3 nitrogen and oxygen atoms in total. The van der Waals surface area contributed by atoms with E-state index in [9.17, 15) is 4.79 Å². The molecule has 3 unspecified atom stereocenters. The maximum Gasteiger partial charge on any atom is 0.223 e. The van der Waals surface area contributed by atoms with Crippen LogP contribution in [0.2, 0.25) is 0 Å². The van der Waals surface area contributed by atoms with Gasteiger partial charge in [-0.2, -0.15) is 0 Å². The molecule has 110 valence electrons. The molecule has 1 amide bonds. The maximum atomic E-state index is 12.3. The zero-order chi connectivity index (χ0) is 14.8. The lowest BCUT2D eigenvalue weighted by atomic mass is 10.0. The second-order valence-electron chi connectivity index (χ2n) is 6.11. The first-order valence-corrected chi connectivity index (χ1v) is 7.68. The van der Waals surface area contributed by atoms with Gasteiger partial charge in [0, 0.05) is 12.0 Å². The van der Waals surface area contributed by atoms with E-state index >= 15 is 0 Å². The number of carbonyl (C=O) groups excluding carboxylic acids is 1. The number of fused-ring (bicyclic) bond motifs is 1. The zero-order valence-electron chi connectivity index (χ0n) is 12.4. The summed E-state index contributed by atoms with van der Waals surface area (Å²) in [7, 11) is 0. The molecule has 0 spiro atoms. The number of carbonyl (C=O) groups is 1. The minimum Gasteiger partial charge on any atom is -0.349 e. The van der Waals surface area contributed by atoms with Crippen LogP contribution in [0.15, 0.2) is 42.5 Å². The van der Waals surface area contributed by atoms with E-state index in [-0.39, 0.29) is 23.9 Å². The van der Waals surface area contributed by atoms with E-state index < -0.39 is 0 Å². The Kier molecular flexibility index (Phi) is 3.93. The van der Waals surface area contributed by atoms with E-state index in [0.29, 0.717) is 0 Å². The topological polar surface area (TPSA) is 55.1 Å². The van der Waals surface area contributed by atoms with Crippen LogP contribution < -0.4 is 11.1 Å². The van der Waals surface area contributed by atoms with Gasteiger partial charge in [0.2, 0.25) is 5.91 Å². The summed E-state index contributed by atoms with van der Waals surface area (Å²) >= 11 is 0. The van der Waals surface area contributed by atoms with Crippen LogP contribution in [0, 0.1) is 5.92 Å². The van der Waals surface area contributed by atoms with Crippen molar-refractivity contribution in [2.75, 3.05) is 0 Å². The predicted octanol–water partition coefficient (Wildman–Crippen LogP) is 3.14. The molecule has 3 atom stereocenters. The number of benzene rings is 2. The standard InChI is InChI=1S/C18H22N2O/c1-12(20-18(21)16-8-9-17(19)11-16)14-7-6-13-4-2-3-5-15(13)10-14/h2-7,10,12,16-17H,8-9,11,19H2,1H3,(H,20,21). The molecule has 3 rings (SSSR count). The number of amides is 1. The van der Waals surface area contributed by atoms with Gasteiger partial charge in [0.05, 0.1) is 6.04 Å². The normalized spacial score (nSPS) is 23.1. The number of hydrogen-bond acceptors (Lipinski definition) is 2. The molecular weight excluding hydrogens is 260 g/mol. The van der Waals surface area contributed by atoms with Crippen molar-refractivity contribution in [3.05, 3.63) is 48.0 Å². The Morgan fingerprint density at radius 2 is 1.95 bits per heavy atom. The van der Waals surface area contributed by atoms with Crippen LogP contribution in [0.3, 0.4) is 0 Å². The lowest BCUT2D eigenvalue weighted by Crippen LogP contribution is -2.32. The zero-order valence-corrected chi connectivity index (χ0v) is 12.4. The minimum atomic E-state index is 0.0268. The van der Waals surface area contributed by atoms with Gasteiger partial charge in [-0.1, -0.05) is 36.4 Å². The molecule has 21 heavy (non-hydrogen) atoms. The van der Waals surface area contributed by atoms with E-state index in [2.05, 4.69) is 35.6 Å². The summed E-state index contributed by atoms with van der Waals surface area (Å²) in [4.78, 5) is 12.3. The van der Waals surface area contributed by atoms with Crippen molar-refractivity contribution < 1.29 is 4.79 Å². The average Bonchev–Trinajstić information content (AvgIpc) is 2.93. The summed E-state index contributed by atoms with van der Waals surface area (Å²) in [5.41, 5.74) is 7.03. The summed E-state index contributed by atoms with van der Waals surface area (Å²) < 4.78 is 0. The maximum absolute atomic E-state index is 12.3. The highest BCUT2D eigenvalue weighted by Crippen LogP contribution is 2.26. The summed E-state index contributed by atoms with van der Waals surface area (Å²) in [5, 5.41) is 5.56. The van der Waals surface area contributed by atoms with Crippen LogP contribution in [0.1, 0.15) is 37.8 Å². The summed E-state index contributed by atoms with van der Waals surface area (Å²) in [5.74, 6) is 0.228. The van der Waals surface area contributed by atoms with Gasteiger partial charge < -0.3 is 11.1 Å². The van der Waals surface area contributed by atoms with Gasteiger partial charge in [-0.05, 0) is 48.6 Å². The monoisotopic (exact) mass is 282 g/mol. The molecule has 0 saturated heterocycles. The molecule has 2 aromatic carbocycles. The Bertz CT molecular complexity index is 652. The molecule has 1 fully saturated rings.